The largest absolute Gasteiger partial charge is 0.378 e. The van der Waals surface area contributed by atoms with Crippen LogP contribution >= 0.6 is 0 Å². The smallest absolute Gasteiger partial charge is 0.282 e. The minimum Gasteiger partial charge on any atom is -0.378 e. The van der Waals surface area contributed by atoms with Crippen LogP contribution in [0.2, 0.25) is 0 Å². The second kappa shape index (κ2) is 13.1. The molecule has 2 aliphatic heterocycles. The van der Waals surface area contributed by atoms with E-state index >= 15 is 8.78 Å². The van der Waals surface area contributed by atoms with Crippen molar-refractivity contribution < 1.29 is 18.3 Å². The number of hydrogen-bond acceptors (Lipinski definition) is 9. The van der Waals surface area contributed by atoms with Crippen LogP contribution in [-0.4, -0.2) is 75.4 Å². The Morgan fingerprint density at radius 3 is 2.43 bits per heavy atom. The number of ether oxygens (including phenoxy) is 1. The lowest BCUT2D eigenvalue weighted by molar-refractivity contribution is -0.0691. The molecule has 1 atom stereocenters. The Bertz CT molecular complexity index is 2280. The van der Waals surface area contributed by atoms with Gasteiger partial charge in [-0.1, -0.05) is 20.8 Å². The first-order valence-corrected chi connectivity index (χ1v) is 16.9. The van der Waals surface area contributed by atoms with Crippen molar-refractivity contribution in [2.45, 2.75) is 45.2 Å². The topological polar surface area (TPSA) is 115 Å². The van der Waals surface area contributed by atoms with E-state index in [0.29, 0.717) is 29.3 Å². The molecule has 51 heavy (non-hydrogen) atoms. The molecule has 2 aliphatic rings. The average molecular weight is 696 g/mol. The van der Waals surface area contributed by atoms with Crippen molar-refractivity contribution >= 4 is 34.3 Å². The van der Waals surface area contributed by atoms with Crippen LogP contribution in [0, 0.1) is 11.6 Å². The Balaban J connectivity index is 1.21. The maximum Gasteiger partial charge on any atom is 0.282 e. The Labute approximate surface area is 293 Å². The molecule has 2 saturated heterocycles. The summed E-state index contributed by atoms with van der Waals surface area (Å²) in [6.45, 7) is 12.3. The fraction of sp³-hybridized carbons (Fsp3) is 0.342. The number of fused-ring (bicyclic) bond motifs is 1. The van der Waals surface area contributed by atoms with E-state index in [0.717, 1.165) is 55.3 Å². The maximum atomic E-state index is 15.4. The number of aldehydes is 1. The van der Waals surface area contributed by atoms with Crippen molar-refractivity contribution in [3.63, 3.8) is 0 Å². The highest BCUT2D eigenvalue weighted by atomic mass is 19.1. The summed E-state index contributed by atoms with van der Waals surface area (Å²) in [5, 5.41) is 7.35. The molecule has 2 aromatic carbocycles. The van der Waals surface area contributed by atoms with Gasteiger partial charge in [-0.3, -0.25) is 19.3 Å². The molecule has 0 spiro atoms. The molecule has 0 saturated carbocycles. The lowest BCUT2D eigenvalue weighted by atomic mass is 9.86. The van der Waals surface area contributed by atoms with Gasteiger partial charge in [0.2, 0.25) is 0 Å². The van der Waals surface area contributed by atoms with E-state index in [1.54, 1.807) is 18.3 Å². The lowest BCUT2D eigenvalue weighted by Crippen LogP contribution is -2.59. The number of rotatable bonds is 7. The van der Waals surface area contributed by atoms with E-state index in [2.05, 4.69) is 32.1 Å². The van der Waals surface area contributed by atoms with Gasteiger partial charge in [0.1, 0.15) is 23.1 Å². The molecule has 3 aromatic heterocycles. The zero-order valence-corrected chi connectivity index (χ0v) is 29.1. The van der Waals surface area contributed by atoms with Gasteiger partial charge in [-0.05, 0) is 59.9 Å². The summed E-state index contributed by atoms with van der Waals surface area (Å²) in [7, 11) is 1.54. The van der Waals surface area contributed by atoms with Crippen molar-refractivity contribution in [3.8, 4) is 16.8 Å². The minimum absolute atomic E-state index is 0.0665. The number of benzene rings is 2. The number of hydrogen-bond donors (Lipinski definition) is 1. The third kappa shape index (κ3) is 6.43. The molecule has 11 nitrogen and oxygen atoms in total. The van der Waals surface area contributed by atoms with Crippen molar-refractivity contribution in [3.05, 3.63) is 105 Å². The molecule has 7 rings (SSSR count). The van der Waals surface area contributed by atoms with Gasteiger partial charge in [-0.15, -0.1) is 0 Å². The number of halogens is 2. The molecule has 5 heterocycles. The summed E-state index contributed by atoms with van der Waals surface area (Å²) in [5.41, 5.74) is 0.387. The normalized spacial score (nSPS) is 17.1. The first-order chi connectivity index (χ1) is 24.3. The number of aryl methyl sites for hydroxylation is 1. The Morgan fingerprint density at radius 1 is 1.00 bits per heavy atom. The van der Waals surface area contributed by atoms with E-state index in [1.165, 1.54) is 36.1 Å². The summed E-state index contributed by atoms with van der Waals surface area (Å²) >= 11 is 0. The van der Waals surface area contributed by atoms with Crippen LogP contribution in [-0.2, 0) is 17.2 Å². The van der Waals surface area contributed by atoms with Crippen molar-refractivity contribution in [1.29, 1.82) is 0 Å². The monoisotopic (exact) mass is 695 g/mol. The van der Waals surface area contributed by atoms with Crippen molar-refractivity contribution in [2.75, 3.05) is 43.1 Å². The fourth-order valence-corrected chi connectivity index (χ4v) is 6.83. The molecule has 0 bridgehead atoms. The summed E-state index contributed by atoms with van der Waals surface area (Å²) in [6, 6.07) is 11.2. The number of anilines is 3. The lowest BCUT2D eigenvalue weighted by Gasteiger charge is -2.46. The van der Waals surface area contributed by atoms with Gasteiger partial charge in [-0.25, -0.2) is 13.8 Å². The van der Waals surface area contributed by atoms with Crippen LogP contribution in [0.3, 0.4) is 0 Å². The minimum atomic E-state index is -0.841. The van der Waals surface area contributed by atoms with Gasteiger partial charge in [-0.2, -0.15) is 9.78 Å². The standard InChI is InChI=1S/C38H39F2N7O4/c1-22-17-45(28-20-51-21-28)8-9-46(22)27-6-7-34(41-16-27)43-32-11-24(18-44(5)36(32)49)29-13-26(39)14-33(30(29)19-48)47-37(50)35-23(15-42-47)10-25(12-31(35)40)38(2,3)4/h6-7,10-16,18-19,22,28H,8-9,17,20-21H2,1-5H3,(H,41,43)/t22-/m0/s1. The Morgan fingerprint density at radius 2 is 1.78 bits per heavy atom. The first-order valence-electron chi connectivity index (χ1n) is 16.9. The van der Waals surface area contributed by atoms with Gasteiger partial charge < -0.3 is 19.5 Å². The third-order valence-corrected chi connectivity index (χ3v) is 9.81. The quantitative estimate of drug-likeness (QED) is 0.230. The second-order valence-electron chi connectivity index (χ2n) is 14.4. The Kier molecular flexibility index (Phi) is 8.80. The van der Waals surface area contributed by atoms with Crippen LogP contribution in [0.4, 0.5) is 26.0 Å². The molecule has 0 amide bonds. The zero-order valence-electron chi connectivity index (χ0n) is 29.1. The summed E-state index contributed by atoms with van der Waals surface area (Å²) < 4.78 is 38.2. The van der Waals surface area contributed by atoms with Crippen LogP contribution in [0.5, 0.6) is 0 Å². The maximum absolute atomic E-state index is 15.4. The highest BCUT2D eigenvalue weighted by Crippen LogP contribution is 2.31. The number of carbonyl (C=O) groups excluding carboxylic acids is 1. The van der Waals surface area contributed by atoms with Crippen LogP contribution in [0.15, 0.2) is 70.6 Å². The van der Waals surface area contributed by atoms with E-state index in [4.69, 9.17) is 4.74 Å². The average Bonchev–Trinajstić information content (AvgIpc) is 3.05. The van der Waals surface area contributed by atoms with E-state index < -0.39 is 17.2 Å². The SMILES string of the molecule is C[C@H]1CN(C2COC2)CCN1c1ccc(Nc2cc(-c3cc(F)cc(-n4ncc5cc(C(C)(C)C)cc(F)c5c4=O)c3C=O)cn(C)c2=O)nc1. The van der Waals surface area contributed by atoms with Gasteiger partial charge >= 0.3 is 0 Å². The van der Waals surface area contributed by atoms with Gasteiger partial charge in [0, 0.05) is 61.5 Å². The molecule has 13 heteroatoms. The number of aromatic nitrogens is 4. The molecule has 0 unspecified atom stereocenters. The van der Waals surface area contributed by atoms with Gasteiger partial charge in [0.25, 0.3) is 11.1 Å². The molecular formula is C38H39F2N7O4. The molecule has 2 fully saturated rings. The fourth-order valence-electron chi connectivity index (χ4n) is 6.83. The summed E-state index contributed by atoms with van der Waals surface area (Å²) in [4.78, 5) is 48.9. The number of nitrogens with one attached hydrogen (secondary N) is 1. The van der Waals surface area contributed by atoms with Crippen molar-refractivity contribution in [2.24, 2.45) is 7.05 Å². The van der Waals surface area contributed by atoms with Crippen molar-refractivity contribution in [1.82, 2.24) is 24.2 Å². The van der Waals surface area contributed by atoms with E-state index in [1.807, 2.05) is 26.8 Å². The van der Waals surface area contributed by atoms with Crippen LogP contribution in [0.25, 0.3) is 27.6 Å². The highest BCUT2D eigenvalue weighted by molar-refractivity contribution is 5.93. The van der Waals surface area contributed by atoms with E-state index in [9.17, 15) is 14.4 Å². The van der Waals surface area contributed by atoms with E-state index in [-0.39, 0.29) is 50.3 Å². The number of carbonyl (C=O) groups is 1. The molecule has 5 aromatic rings. The number of nitrogens with zero attached hydrogens (tertiary/aromatic N) is 6. The molecule has 0 radical (unpaired) electrons. The first kappa shape index (κ1) is 34.2. The van der Waals surface area contributed by atoms with Crippen LogP contribution in [0.1, 0.15) is 43.6 Å². The summed E-state index contributed by atoms with van der Waals surface area (Å²) in [6.07, 6.45) is 5.04. The number of pyridine rings is 2. The predicted molar refractivity (Wildman–Crippen MR) is 193 cm³/mol. The molecular weight excluding hydrogens is 656 g/mol. The van der Waals surface area contributed by atoms with Crippen LogP contribution < -0.4 is 21.3 Å². The van der Waals surface area contributed by atoms with Gasteiger partial charge in [0.15, 0.2) is 6.29 Å². The molecule has 1 N–H and O–H groups in total. The Hall–Kier alpha value is -5.27. The predicted octanol–water partition coefficient (Wildman–Crippen LogP) is 5.19. The highest BCUT2D eigenvalue weighted by Gasteiger charge is 2.32. The number of piperazine rings is 1. The molecule has 264 valence electrons. The third-order valence-electron chi connectivity index (χ3n) is 9.81. The second-order valence-corrected chi connectivity index (χ2v) is 14.4. The summed E-state index contributed by atoms with van der Waals surface area (Å²) in [5.74, 6) is -1.08. The molecule has 0 aliphatic carbocycles. The zero-order chi connectivity index (χ0) is 36.2. The van der Waals surface area contributed by atoms with Gasteiger partial charge in [0.05, 0.1) is 48.4 Å².